The molecule has 2 rings (SSSR count). The summed E-state index contributed by atoms with van der Waals surface area (Å²) in [5.74, 6) is 2.42. The average molecular weight is 489 g/mol. The van der Waals surface area contributed by atoms with Gasteiger partial charge in [-0.3, -0.25) is 0 Å². The number of benzene rings is 1. The van der Waals surface area contributed by atoms with Crippen LogP contribution in [0.15, 0.2) is 46.0 Å². The van der Waals surface area contributed by atoms with Gasteiger partial charge in [0.2, 0.25) is 0 Å². The van der Waals surface area contributed by atoms with Gasteiger partial charge in [0.05, 0.1) is 19.9 Å². The lowest BCUT2D eigenvalue weighted by Gasteiger charge is -2.12. The number of nitrogens with zero attached hydrogens (tertiary/aromatic N) is 1. The Morgan fingerprint density at radius 3 is 2.81 bits per heavy atom. The molecule has 0 aliphatic rings. The third kappa shape index (κ3) is 8.53. The van der Waals surface area contributed by atoms with E-state index in [9.17, 15) is 5.11 Å². The number of furan rings is 1. The van der Waals surface area contributed by atoms with E-state index >= 15 is 0 Å². The van der Waals surface area contributed by atoms with Crippen molar-refractivity contribution in [1.29, 1.82) is 0 Å². The number of ether oxygens (including phenoxy) is 2. The van der Waals surface area contributed by atoms with Crippen molar-refractivity contribution in [2.75, 3.05) is 26.8 Å². The third-order valence-corrected chi connectivity index (χ3v) is 3.62. The molecule has 27 heavy (non-hydrogen) atoms. The Morgan fingerprint density at radius 1 is 1.26 bits per heavy atom. The lowest BCUT2D eigenvalue weighted by atomic mass is 10.2. The molecule has 0 saturated heterocycles. The van der Waals surface area contributed by atoms with Crippen molar-refractivity contribution in [3.63, 3.8) is 0 Å². The van der Waals surface area contributed by atoms with Crippen molar-refractivity contribution in [3.05, 3.63) is 47.9 Å². The zero-order valence-electron chi connectivity index (χ0n) is 15.7. The van der Waals surface area contributed by atoms with Gasteiger partial charge < -0.3 is 29.6 Å². The molecule has 0 spiro atoms. The van der Waals surface area contributed by atoms with Gasteiger partial charge in [0.15, 0.2) is 5.96 Å². The van der Waals surface area contributed by atoms with Crippen LogP contribution in [0.5, 0.6) is 11.5 Å². The zero-order chi connectivity index (χ0) is 18.6. The first kappa shape index (κ1) is 23.1. The number of halogens is 1. The van der Waals surface area contributed by atoms with E-state index in [2.05, 4.69) is 15.6 Å². The van der Waals surface area contributed by atoms with Gasteiger partial charge in [-0.1, -0.05) is 0 Å². The van der Waals surface area contributed by atoms with Crippen molar-refractivity contribution in [2.45, 2.75) is 26.5 Å². The first-order chi connectivity index (χ1) is 12.7. The van der Waals surface area contributed by atoms with Crippen LogP contribution in [0.3, 0.4) is 0 Å². The maximum Gasteiger partial charge on any atom is 0.191 e. The van der Waals surface area contributed by atoms with Crippen LogP contribution in [0.25, 0.3) is 0 Å². The summed E-state index contributed by atoms with van der Waals surface area (Å²) in [6.07, 6.45) is 2.48. The van der Waals surface area contributed by atoms with E-state index in [-0.39, 0.29) is 29.7 Å². The number of rotatable bonds is 10. The Labute approximate surface area is 177 Å². The minimum atomic E-state index is 0. The van der Waals surface area contributed by atoms with Crippen LogP contribution in [0.1, 0.15) is 24.7 Å². The normalized spacial score (nSPS) is 11.0. The van der Waals surface area contributed by atoms with Gasteiger partial charge in [-0.15, -0.1) is 24.0 Å². The van der Waals surface area contributed by atoms with E-state index in [0.29, 0.717) is 37.0 Å². The van der Waals surface area contributed by atoms with E-state index in [1.807, 2.05) is 19.1 Å². The molecular weight excluding hydrogens is 461 g/mol. The molecule has 0 aliphatic carbocycles. The Morgan fingerprint density at radius 2 is 2.11 bits per heavy atom. The van der Waals surface area contributed by atoms with Crippen molar-refractivity contribution < 1.29 is 19.0 Å². The highest BCUT2D eigenvalue weighted by Gasteiger charge is 2.04. The van der Waals surface area contributed by atoms with E-state index in [0.717, 1.165) is 25.3 Å². The number of guanidine groups is 1. The highest BCUT2D eigenvalue weighted by Crippen LogP contribution is 2.23. The average Bonchev–Trinajstić information content (AvgIpc) is 3.17. The van der Waals surface area contributed by atoms with Gasteiger partial charge in [0.25, 0.3) is 0 Å². The number of methoxy groups -OCH3 is 1. The molecule has 0 amide bonds. The summed E-state index contributed by atoms with van der Waals surface area (Å²) in [5, 5.41) is 16.4. The Balaban J connectivity index is 0.00000364. The van der Waals surface area contributed by atoms with Crippen LogP contribution in [0.2, 0.25) is 0 Å². The Bertz CT molecular complexity index is 678. The summed E-state index contributed by atoms with van der Waals surface area (Å²) >= 11 is 0. The van der Waals surface area contributed by atoms with Crippen molar-refractivity contribution >= 4 is 29.9 Å². The van der Waals surface area contributed by atoms with Gasteiger partial charge in [0.1, 0.15) is 23.9 Å². The van der Waals surface area contributed by atoms with Gasteiger partial charge in [0, 0.05) is 25.3 Å². The topological polar surface area (TPSA) is 88.3 Å². The molecular formula is C19H28IN3O4. The van der Waals surface area contributed by atoms with Crippen molar-refractivity contribution in [2.24, 2.45) is 4.99 Å². The molecule has 150 valence electrons. The third-order valence-electron chi connectivity index (χ3n) is 3.62. The molecule has 0 aliphatic heterocycles. The molecule has 8 heteroatoms. The molecule has 1 heterocycles. The van der Waals surface area contributed by atoms with E-state index in [4.69, 9.17) is 13.9 Å². The van der Waals surface area contributed by atoms with Crippen molar-refractivity contribution in [3.8, 4) is 11.5 Å². The Hall–Kier alpha value is -1.94. The predicted octanol–water partition coefficient (Wildman–Crippen LogP) is 3.27. The van der Waals surface area contributed by atoms with Crippen LogP contribution >= 0.6 is 24.0 Å². The van der Waals surface area contributed by atoms with Crippen LogP contribution in [-0.2, 0) is 17.9 Å². The quantitative estimate of drug-likeness (QED) is 0.206. The number of hydrogen-bond acceptors (Lipinski definition) is 5. The Kier molecular flexibility index (Phi) is 11.3. The summed E-state index contributed by atoms with van der Waals surface area (Å²) in [5.41, 5.74) is 0.711. The fourth-order valence-corrected chi connectivity index (χ4v) is 2.27. The fourth-order valence-electron chi connectivity index (χ4n) is 2.27. The lowest BCUT2D eigenvalue weighted by Crippen LogP contribution is -2.38. The van der Waals surface area contributed by atoms with Gasteiger partial charge >= 0.3 is 0 Å². The second kappa shape index (κ2) is 13.3. The number of nitrogens with one attached hydrogen (secondary N) is 2. The molecule has 7 nitrogen and oxygen atoms in total. The van der Waals surface area contributed by atoms with E-state index in [1.54, 1.807) is 31.6 Å². The fraction of sp³-hybridized carbons (Fsp3) is 0.421. The monoisotopic (exact) mass is 489 g/mol. The van der Waals surface area contributed by atoms with Crippen LogP contribution in [0, 0.1) is 0 Å². The number of phenolic OH excluding ortho intramolecular Hbond substituents is 1. The molecule has 0 atom stereocenters. The molecule has 0 radical (unpaired) electrons. The molecule has 2 aromatic rings. The molecule has 0 fully saturated rings. The smallest absolute Gasteiger partial charge is 0.191 e. The highest BCUT2D eigenvalue weighted by atomic mass is 127. The zero-order valence-corrected chi connectivity index (χ0v) is 18.1. The number of aliphatic imine (C=N–C) groups is 1. The summed E-state index contributed by atoms with van der Waals surface area (Å²) < 4.78 is 15.9. The minimum Gasteiger partial charge on any atom is -0.508 e. The van der Waals surface area contributed by atoms with Crippen LogP contribution in [0.4, 0.5) is 0 Å². The minimum absolute atomic E-state index is 0. The predicted molar refractivity (Wildman–Crippen MR) is 116 cm³/mol. The largest absolute Gasteiger partial charge is 0.508 e. The first-order valence-corrected chi connectivity index (χ1v) is 8.71. The summed E-state index contributed by atoms with van der Waals surface area (Å²) in [4.78, 5) is 4.50. The maximum absolute atomic E-state index is 9.93. The van der Waals surface area contributed by atoms with Crippen LogP contribution < -0.4 is 15.4 Å². The lowest BCUT2D eigenvalue weighted by molar-refractivity contribution is 0.105. The SMILES string of the molecule is CCNC(=NCc1cc(OC)ccc1O)NCCCOCc1ccco1.I. The van der Waals surface area contributed by atoms with Crippen LogP contribution in [-0.4, -0.2) is 37.9 Å². The second-order valence-electron chi connectivity index (χ2n) is 5.60. The molecule has 1 aromatic heterocycles. The van der Waals surface area contributed by atoms with Gasteiger partial charge in [-0.2, -0.15) is 0 Å². The second-order valence-corrected chi connectivity index (χ2v) is 5.60. The molecule has 0 bridgehead atoms. The van der Waals surface area contributed by atoms with E-state index < -0.39 is 0 Å². The summed E-state index contributed by atoms with van der Waals surface area (Å²) in [6, 6.07) is 8.85. The molecule has 0 saturated carbocycles. The number of aromatic hydroxyl groups is 1. The molecule has 1 aromatic carbocycles. The number of phenols is 1. The summed E-state index contributed by atoms with van der Waals surface area (Å²) in [7, 11) is 1.60. The highest BCUT2D eigenvalue weighted by molar-refractivity contribution is 14.0. The molecule has 3 N–H and O–H groups in total. The van der Waals surface area contributed by atoms with Gasteiger partial charge in [-0.25, -0.2) is 4.99 Å². The van der Waals surface area contributed by atoms with E-state index in [1.165, 1.54) is 0 Å². The van der Waals surface area contributed by atoms with Crippen molar-refractivity contribution in [1.82, 2.24) is 10.6 Å². The maximum atomic E-state index is 9.93. The number of hydrogen-bond donors (Lipinski definition) is 3. The summed E-state index contributed by atoms with van der Waals surface area (Å²) in [6.45, 7) is 4.96. The first-order valence-electron chi connectivity index (χ1n) is 8.71. The standard InChI is InChI=1S/C19H27N3O4.HI/c1-3-20-19(21-9-5-10-25-14-17-6-4-11-26-17)22-13-15-12-16(24-2)7-8-18(15)23;/h4,6-8,11-12,23H,3,5,9-10,13-14H2,1-2H3,(H2,20,21,22);1H. The van der Waals surface area contributed by atoms with Gasteiger partial charge in [-0.05, 0) is 43.7 Å². The molecule has 0 unspecified atom stereocenters.